The van der Waals surface area contributed by atoms with Gasteiger partial charge in [0, 0.05) is 43.6 Å². The number of carbonyl (C=O) groups is 1. The molecule has 3 fully saturated rings. The molecule has 1 aliphatic carbocycles. The van der Waals surface area contributed by atoms with Crippen molar-refractivity contribution in [3.8, 4) is 0 Å². The van der Waals surface area contributed by atoms with Gasteiger partial charge in [-0.05, 0) is 19.9 Å². The van der Waals surface area contributed by atoms with E-state index in [0.29, 0.717) is 6.04 Å². The third kappa shape index (κ3) is 1.90. The average molecular weight is 295 g/mol. The molecule has 2 aliphatic heterocycles. The number of hydrogen-bond donors (Lipinski definition) is 1. The quantitative estimate of drug-likeness (QED) is 0.814. The fraction of sp³-hybridized carbons (Fsp3) is 0.938. The number of nitrogens with two attached hydrogens (primary N) is 1. The van der Waals surface area contributed by atoms with E-state index < -0.39 is 5.54 Å². The van der Waals surface area contributed by atoms with Crippen LogP contribution in [0.5, 0.6) is 0 Å². The molecule has 0 spiro atoms. The number of nitrogens with zero attached hydrogens (tertiary/aromatic N) is 2. The van der Waals surface area contributed by atoms with E-state index in [4.69, 9.17) is 10.5 Å². The number of fused-ring (bicyclic) bond motifs is 1. The minimum absolute atomic E-state index is 0.141. The highest BCUT2D eigenvalue weighted by atomic mass is 16.5. The molecule has 0 aromatic rings. The average Bonchev–Trinajstić information content (AvgIpc) is 2.93. The predicted molar refractivity (Wildman–Crippen MR) is 81.8 cm³/mol. The van der Waals surface area contributed by atoms with Gasteiger partial charge in [0.1, 0.15) is 5.54 Å². The summed E-state index contributed by atoms with van der Waals surface area (Å²) in [5, 5.41) is 0. The zero-order chi connectivity index (χ0) is 15.4. The molecule has 0 aromatic heterocycles. The molecule has 4 unspecified atom stereocenters. The van der Waals surface area contributed by atoms with Crippen molar-refractivity contribution in [1.29, 1.82) is 0 Å². The minimum Gasteiger partial charge on any atom is -0.377 e. The van der Waals surface area contributed by atoms with Crippen LogP contribution in [0.2, 0.25) is 0 Å². The Morgan fingerprint density at radius 3 is 2.71 bits per heavy atom. The molecule has 0 bridgehead atoms. The molecule has 21 heavy (non-hydrogen) atoms. The molecule has 1 saturated carbocycles. The molecule has 2 N–H and O–H groups in total. The van der Waals surface area contributed by atoms with Gasteiger partial charge in [0.2, 0.25) is 5.91 Å². The van der Waals surface area contributed by atoms with E-state index in [1.165, 1.54) is 0 Å². The highest BCUT2D eigenvalue weighted by molar-refractivity contribution is 5.89. The Kier molecular flexibility index (Phi) is 3.58. The fourth-order valence-corrected chi connectivity index (χ4v) is 4.73. The molecule has 4 atom stereocenters. The summed E-state index contributed by atoms with van der Waals surface area (Å²) in [7, 11) is 0. The van der Waals surface area contributed by atoms with Gasteiger partial charge < -0.3 is 15.4 Å². The second-order valence-electron chi connectivity index (χ2n) is 7.51. The SMILES string of the molecule is CCN1CCN(C(=O)C2(N)C3CCOC3C2(C)C)CC1C. The van der Waals surface area contributed by atoms with Crippen molar-refractivity contribution in [1.82, 2.24) is 9.80 Å². The number of ether oxygens (including phenoxy) is 1. The minimum atomic E-state index is -0.748. The molecule has 3 aliphatic rings. The first-order valence-electron chi connectivity index (χ1n) is 8.28. The van der Waals surface area contributed by atoms with Gasteiger partial charge >= 0.3 is 0 Å². The molecule has 3 rings (SSSR count). The lowest BCUT2D eigenvalue weighted by Gasteiger charge is -2.62. The van der Waals surface area contributed by atoms with Crippen molar-refractivity contribution in [2.75, 3.05) is 32.8 Å². The number of carbonyl (C=O) groups excluding carboxylic acids is 1. The van der Waals surface area contributed by atoms with Gasteiger partial charge in [-0.1, -0.05) is 20.8 Å². The lowest BCUT2D eigenvalue weighted by Crippen LogP contribution is -2.81. The Hall–Kier alpha value is -0.650. The van der Waals surface area contributed by atoms with Crippen molar-refractivity contribution in [3.63, 3.8) is 0 Å². The van der Waals surface area contributed by atoms with E-state index in [1.807, 2.05) is 4.90 Å². The van der Waals surface area contributed by atoms with Crippen molar-refractivity contribution in [2.24, 2.45) is 17.1 Å². The standard InChI is InChI=1S/C16H29N3O2/c1-5-18-7-8-19(10-11(18)2)14(20)16(17)12-6-9-21-13(12)15(16,3)4/h11-13H,5-10,17H2,1-4H3. The fourth-order valence-electron chi connectivity index (χ4n) is 4.73. The van der Waals surface area contributed by atoms with Crippen molar-refractivity contribution < 1.29 is 9.53 Å². The van der Waals surface area contributed by atoms with Crippen LogP contribution in [0.15, 0.2) is 0 Å². The van der Waals surface area contributed by atoms with Gasteiger partial charge in [-0.2, -0.15) is 0 Å². The summed E-state index contributed by atoms with van der Waals surface area (Å²) in [5.41, 5.74) is 5.65. The number of piperazine rings is 1. The Morgan fingerprint density at radius 1 is 1.38 bits per heavy atom. The summed E-state index contributed by atoms with van der Waals surface area (Å²) >= 11 is 0. The highest BCUT2D eigenvalue weighted by Gasteiger charge is 2.72. The Balaban J connectivity index is 1.76. The van der Waals surface area contributed by atoms with Crippen LogP contribution in [-0.4, -0.2) is 66.2 Å². The first-order chi connectivity index (χ1) is 9.84. The maximum absolute atomic E-state index is 13.1. The number of likely N-dealkylation sites (N-methyl/N-ethyl adjacent to an activating group) is 1. The zero-order valence-corrected chi connectivity index (χ0v) is 13.8. The van der Waals surface area contributed by atoms with Gasteiger partial charge in [-0.3, -0.25) is 9.69 Å². The number of amides is 1. The normalized spacial score (nSPS) is 42.5. The molecule has 0 aromatic carbocycles. The smallest absolute Gasteiger partial charge is 0.243 e. The van der Waals surface area contributed by atoms with E-state index in [2.05, 4.69) is 32.6 Å². The van der Waals surface area contributed by atoms with Crippen LogP contribution in [0.25, 0.3) is 0 Å². The van der Waals surface area contributed by atoms with Gasteiger partial charge in [-0.15, -0.1) is 0 Å². The molecule has 120 valence electrons. The van der Waals surface area contributed by atoms with Gasteiger partial charge in [0.25, 0.3) is 0 Å². The summed E-state index contributed by atoms with van der Waals surface area (Å²) in [4.78, 5) is 17.5. The summed E-state index contributed by atoms with van der Waals surface area (Å²) < 4.78 is 5.80. The first kappa shape index (κ1) is 15.3. The molecule has 0 radical (unpaired) electrons. The van der Waals surface area contributed by atoms with Crippen molar-refractivity contribution in [2.45, 2.75) is 51.8 Å². The molecule has 5 heteroatoms. The second-order valence-corrected chi connectivity index (χ2v) is 7.51. The lowest BCUT2D eigenvalue weighted by atomic mass is 9.47. The van der Waals surface area contributed by atoms with Gasteiger partial charge in [-0.25, -0.2) is 0 Å². The van der Waals surface area contributed by atoms with Gasteiger partial charge in [0.05, 0.1) is 6.10 Å². The zero-order valence-electron chi connectivity index (χ0n) is 13.8. The van der Waals surface area contributed by atoms with Crippen LogP contribution in [0.4, 0.5) is 0 Å². The summed E-state index contributed by atoms with van der Waals surface area (Å²) in [6.45, 7) is 12.9. The van der Waals surface area contributed by atoms with E-state index in [1.54, 1.807) is 0 Å². The third-order valence-electron chi connectivity index (χ3n) is 6.27. The molecule has 2 saturated heterocycles. The summed E-state index contributed by atoms with van der Waals surface area (Å²) in [6.07, 6.45) is 1.07. The van der Waals surface area contributed by atoms with Crippen LogP contribution >= 0.6 is 0 Å². The van der Waals surface area contributed by atoms with Crippen LogP contribution in [0, 0.1) is 11.3 Å². The van der Waals surface area contributed by atoms with Crippen LogP contribution in [-0.2, 0) is 9.53 Å². The summed E-state index contributed by atoms with van der Waals surface area (Å²) in [5.74, 6) is 0.335. The van der Waals surface area contributed by atoms with E-state index >= 15 is 0 Å². The maximum atomic E-state index is 13.1. The molecule has 5 nitrogen and oxygen atoms in total. The van der Waals surface area contributed by atoms with Crippen molar-refractivity contribution in [3.05, 3.63) is 0 Å². The van der Waals surface area contributed by atoms with Crippen LogP contribution in [0.1, 0.15) is 34.1 Å². The number of rotatable bonds is 2. The molecule has 1 amide bonds. The first-order valence-corrected chi connectivity index (χ1v) is 8.28. The Labute approximate surface area is 127 Å². The molecular formula is C16H29N3O2. The van der Waals surface area contributed by atoms with E-state index in [9.17, 15) is 4.79 Å². The maximum Gasteiger partial charge on any atom is 0.243 e. The van der Waals surface area contributed by atoms with Crippen molar-refractivity contribution >= 4 is 5.91 Å². The third-order valence-corrected chi connectivity index (χ3v) is 6.27. The Bertz CT molecular complexity index is 439. The topological polar surface area (TPSA) is 58.8 Å². The van der Waals surface area contributed by atoms with Gasteiger partial charge in [0.15, 0.2) is 0 Å². The number of hydrogen-bond acceptors (Lipinski definition) is 4. The van der Waals surface area contributed by atoms with Crippen LogP contribution in [0.3, 0.4) is 0 Å². The van der Waals surface area contributed by atoms with E-state index in [0.717, 1.165) is 39.2 Å². The summed E-state index contributed by atoms with van der Waals surface area (Å²) in [6, 6.07) is 0.412. The Morgan fingerprint density at radius 2 is 2.10 bits per heavy atom. The molecular weight excluding hydrogens is 266 g/mol. The largest absolute Gasteiger partial charge is 0.377 e. The van der Waals surface area contributed by atoms with Crippen LogP contribution < -0.4 is 5.73 Å². The second kappa shape index (κ2) is 4.93. The highest BCUT2D eigenvalue weighted by Crippen LogP contribution is 2.58. The lowest BCUT2D eigenvalue weighted by molar-refractivity contribution is -0.186. The molecule has 2 heterocycles. The predicted octanol–water partition coefficient (Wildman–Crippen LogP) is 0.681. The van der Waals surface area contributed by atoms with E-state index in [-0.39, 0.29) is 23.3 Å². The monoisotopic (exact) mass is 295 g/mol.